The van der Waals surface area contributed by atoms with E-state index in [-0.39, 0.29) is 29.2 Å². The second-order valence-corrected chi connectivity index (χ2v) is 6.47. The fraction of sp³-hybridized carbons (Fsp3) is 0.857. The van der Waals surface area contributed by atoms with Crippen LogP contribution < -0.4 is 11.1 Å². The Labute approximate surface area is 114 Å². The van der Waals surface area contributed by atoms with Gasteiger partial charge in [-0.2, -0.15) is 0 Å². The van der Waals surface area contributed by atoms with Gasteiger partial charge in [-0.3, -0.25) is 9.59 Å². The maximum absolute atomic E-state index is 12.2. The van der Waals surface area contributed by atoms with Crippen LogP contribution in [0.4, 0.5) is 0 Å². The molecule has 1 atom stereocenters. The zero-order valence-electron chi connectivity index (χ0n) is 11.9. The normalized spacial score (nSPS) is 24.2. The molecule has 3 N–H and O–H groups in total. The molecule has 1 aliphatic heterocycles. The standard InChI is InChI=1S/C14H25N3O2/c1-14(2,9-15)16-12(18)11-4-3-7-17(8-11)13(19)10-5-6-10/h10-11H,3-9,15H2,1-2H3,(H,16,18). The third-order valence-corrected chi connectivity index (χ3v) is 4.00. The Morgan fingerprint density at radius 2 is 1.95 bits per heavy atom. The van der Waals surface area contributed by atoms with E-state index in [0.29, 0.717) is 13.1 Å². The van der Waals surface area contributed by atoms with Crippen molar-refractivity contribution >= 4 is 11.8 Å². The Balaban J connectivity index is 1.89. The van der Waals surface area contributed by atoms with Gasteiger partial charge in [-0.05, 0) is 39.5 Å². The molecule has 5 nitrogen and oxygen atoms in total. The highest BCUT2D eigenvalue weighted by molar-refractivity contribution is 5.83. The fourth-order valence-corrected chi connectivity index (χ4v) is 2.47. The molecule has 0 spiro atoms. The molecule has 1 saturated heterocycles. The summed E-state index contributed by atoms with van der Waals surface area (Å²) in [5, 5.41) is 2.98. The van der Waals surface area contributed by atoms with Crippen LogP contribution in [-0.4, -0.2) is 41.9 Å². The van der Waals surface area contributed by atoms with Crippen LogP contribution in [0.15, 0.2) is 0 Å². The molecule has 2 fully saturated rings. The van der Waals surface area contributed by atoms with E-state index in [9.17, 15) is 9.59 Å². The average molecular weight is 267 g/mol. The number of hydrogen-bond acceptors (Lipinski definition) is 3. The van der Waals surface area contributed by atoms with E-state index in [1.54, 1.807) is 0 Å². The van der Waals surface area contributed by atoms with Gasteiger partial charge in [0.25, 0.3) is 0 Å². The van der Waals surface area contributed by atoms with Gasteiger partial charge < -0.3 is 16.0 Å². The molecule has 2 rings (SSSR count). The van der Waals surface area contributed by atoms with Gasteiger partial charge >= 0.3 is 0 Å². The summed E-state index contributed by atoms with van der Waals surface area (Å²) in [6.07, 6.45) is 3.82. The molecule has 0 aromatic heterocycles. The lowest BCUT2D eigenvalue weighted by molar-refractivity contribution is -0.137. The second kappa shape index (κ2) is 5.49. The van der Waals surface area contributed by atoms with Crippen molar-refractivity contribution in [2.75, 3.05) is 19.6 Å². The maximum atomic E-state index is 12.2. The Kier molecular flexibility index (Phi) is 4.13. The molecule has 0 aromatic rings. The van der Waals surface area contributed by atoms with Crippen molar-refractivity contribution in [1.82, 2.24) is 10.2 Å². The van der Waals surface area contributed by atoms with Crippen LogP contribution >= 0.6 is 0 Å². The largest absolute Gasteiger partial charge is 0.350 e. The van der Waals surface area contributed by atoms with Crippen LogP contribution in [-0.2, 0) is 9.59 Å². The molecule has 108 valence electrons. The van der Waals surface area contributed by atoms with Crippen LogP contribution in [0.3, 0.4) is 0 Å². The number of likely N-dealkylation sites (tertiary alicyclic amines) is 1. The Morgan fingerprint density at radius 1 is 1.26 bits per heavy atom. The number of nitrogens with one attached hydrogen (secondary N) is 1. The summed E-state index contributed by atoms with van der Waals surface area (Å²) in [6, 6.07) is 0. The first kappa shape index (κ1) is 14.3. The lowest BCUT2D eigenvalue weighted by Gasteiger charge is -2.34. The van der Waals surface area contributed by atoms with Gasteiger partial charge in [0.1, 0.15) is 0 Å². The minimum atomic E-state index is -0.375. The highest BCUT2D eigenvalue weighted by Crippen LogP contribution is 2.32. The van der Waals surface area contributed by atoms with E-state index >= 15 is 0 Å². The monoisotopic (exact) mass is 267 g/mol. The molecule has 0 aromatic carbocycles. The number of carbonyl (C=O) groups is 2. The van der Waals surface area contributed by atoms with Crippen LogP contribution in [0.25, 0.3) is 0 Å². The molecule has 0 radical (unpaired) electrons. The Hall–Kier alpha value is -1.10. The zero-order chi connectivity index (χ0) is 14.0. The second-order valence-electron chi connectivity index (χ2n) is 6.47. The molecule has 2 aliphatic rings. The number of nitrogens with two attached hydrogens (primary N) is 1. The SMILES string of the molecule is CC(C)(CN)NC(=O)C1CCCN(C(=O)C2CC2)C1. The average Bonchev–Trinajstić information content (AvgIpc) is 3.22. The smallest absolute Gasteiger partial charge is 0.225 e. The quantitative estimate of drug-likeness (QED) is 0.778. The number of amides is 2. The van der Waals surface area contributed by atoms with Gasteiger partial charge in [0.15, 0.2) is 0 Å². The van der Waals surface area contributed by atoms with Gasteiger partial charge in [-0.15, -0.1) is 0 Å². The highest BCUT2D eigenvalue weighted by Gasteiger charge is 2.37. The van der Waals surface area contributed by atoms with Crippen molar-refractivity contribution in [3.63, 3.8) is 0 Å². The van der Waals surface area contributed by atoms with Crippen molar-refractivity contribution in [2.45, 2.75) is 45.1 Å². The van der Waals surface area contributed by atoms with Crippen molar-refractivity contribution in [3.05, 3.63) is 0 Å². The number of rotatable bonds is 4. The first-order chi connectivity index (χ1) is 8.93. The third-order valence-electron chi connectivity index (χ3n) is 4.00. The van der Waals surface area contributed by atoms with Gasteiger partial charge in [0.2, 0.25) is 11.8 Å². The summed E-state index contributed by atoms with van der Waals surface area (Å²) in [5.74, 6) is 0.434. The van der Waals surface area contributed by atoms with E-state index in [0.717, 1.165) is 32.2 Å². The van der Waals surface area contributed by atoms with Crippen LogP contribution in [0.2, 0.25) is 0 Å². The van der Waals surface area contributed by atoms with E-state index in [2.05, 4.69) is 5.32 Å². The Morgan fingerprint density at radius 3 is 2.53 bits per heavy atom. The first-order valence-electron chi connectivity index (χ1n) is 7.24. The molecule has 1 saturated carbocycles. The number of hydrogen-bond donors (Lipinski definition) is 2. The summed E-state index contributed by atoms with van der Waals surface area (Å²) in [5.41, 5.74) is 5.25. The summed E-state index contributed by atoms with van der Waals surface area (Å²) >= 11 is 0. The minimum absolute atomic E-state index is 0.0312. The molecule has 19 heavy (non-hydrogen) atoms. The molecule has 1 heterocycles. The van der Waals surface area contributed by atoms with Crippen LogP contribution in [0, 0.1) is 11.8 Å². The van der Waals surface area contributed by atoms with Crippen molar-refractivity contribution in [2.24, 2.45) is 17.6 Å². The number of carbonyl (C=O) groups excluding carboxylic acids is 2. The summed E-state index contributed by atoms with van der Waals surface area (Å²) < 4.78 is 0. The minimum Gasteiger partial charge on any atom is -0.350 e. The lowest BCUT2D eigenvalue weighted by atomic mass is 9.95. The topological polar surface area (TPSA) is 75.4 Å². The lowest BCUT2D eigenvalue weighted by Crippen LogP contribution is -2.53. The zero-order valence-corrected chi connectivity index (χ0v) is 11.9. The summed E-state index contributed by atoms with van der Waals surface area (Å²) in [6.45, 7) is 5.62. The molecule has 1 aliphatic carbocycles. The van der Waals surface area contributed by atoms with Crippen LogP contribution in [0.1, 0.15) is 39.5 Å². The first-order valence-corrected chi connectivity index (χ1v) is 7.24. The van der Waals surface area contributed by atoms with Crippen molar-refractivity contribution < 1.29 is 9.59 Å². The Bertz CT molecular complexity index is 364. The van der Waals surface area contributed by atoms with Gasteiger partial charge in [-0.1, -0.05) is 0 Å². The summed E-state index contributed by atoms with van der Waals surface area (Å²) in [4.78, 5) is 26.1. The van der Waals surface area contributed by atoms with Crippen molar-refractivity contribution in [3.8, 4) is 0 Å². The highest BCUT2D eigenvalue weighted by atomic mass is 16.2. The molecular weight excluding hydrogens is 242 g/mol. The van der Waals surface area contributed by atoms with E-state index in [4.69, 9.17) is 5.73 Å². The predicted octanol–water partition coefficient (Wildman–Crippen LogP) is 0.489. The van der Waals surface area contributed by atoms with Crippen LogP contribution in [0.5, 0.6) is 0 Å². The fourth-order valence-electron chi connectivity index (χ4n) is 2.47. The predicted molar refractivity (Wildman–Crippen MR) is 73.3 cm³/mol. The van der Waals surface area contributed by atoms with E-state index < -0.39 is 0 Å². The van der Waals surface area contributed by atoms with Gasteiger partial charge in [0.05, 0.1) is 5.92 Å². The summed E-state index contributed by atoms with van der Waals surface area (Å²) in [7, 11) is 0. The van der Waals surface area contributed by atoms with Gasteiger partial charge in [-0.25, -0.2) is 0 Å². The van der Waals surface area contributed by atoms with E-state index in [1.807, 2.05) is 18.7 Å². The maximum Gasteiger partial charge on any atom is 0.225 e. The van der Waals surface area contributed by atoms with Gasteiger partial charge in [0, 0.05) is 31.1 Å². The van der Waals surface area contributed by atoms with Crippen molar-refractivity contribution in [1.29, 1.82) is 0 Å². The molecular formula is C14H25N3O2. The number of nitrogens with zero attached hydrogens (tertiary/aromatic N) is 1. The molecule has 2 amide bonds. The molecule has 0 bridgehead atoms. The molecule has 1 unspecified atom stereocenters. The molecule has 5 heteroatoms. The van der Waals surface area contributed by atoms with E-state index in [1.165, 1.54) is 0 Å². The third kappa shape index (κ3) is 3.69. The number of piperidine rings is 1.